The zero-order chi connectivity index (χ0) is 17.6. The van der Waals surface area contributed by atoms with Crippen molar-refractivity contribution in [2.45, 2.75) is 43.9 Å². The van der Waals surface area contributed by atoms with E-state index < -0.39 is 0 Å². The summed E-state index contributed by atoms with van der Waals surface area (Å²) in [4.78, 5) is 0. The number of anilines is 1. The van der Waals surface area contributed by atoms with Gasteiger partial charge in [0, 0.05) is 5.56 Å². The van der Waals surface area contributed by atoms with Crippen molar-refractivity contribution in [3.8, 4) is 5.75 Å². The average molecular weight is 346 g/mol. The number of para-hydroxylation sites is 1. The third-order valence-electron chi connectivity index (χ3n) is 6.85. The highest BCUT2D eigenvalue weighted by atomic mass is 16.3. The quantitative estimate of drug-likeness (QED) is 0.582. The van der Waals surface area contributed by atoms with Crippen LogP contribution < -0.4 is 5.43 Å². The molecule has 0 atom stereocenters. The van der Waals surface area contributed by atoms with Gasteiger partial charge in [0.1, 0.15) is 5.75 Å². The number of nitrogens with one attached hydrogen (secondary N) is 1. The number of nitrogens with zero attached hydrogens (tertiary/aromatic N) is 1. The van der Waals surface area contributed by atoms with Crippen molar-refractivity contribution in [1.29, 1.82) is 0 Å². The third kappa shape index (κ3) is 2.80. The van der Waals surface area contributed by atoms with Crippen molar-refractivity contribution in [3.05, 3.63) is 59.7 Å². The highest BCUT2D eigenvalue weighted by molar-refractivity contribution is 5.84. The fourth-order valence-electron chi connectivity index (χ4n) is 6.14. The summed E-state index contributed by atoms with van der Waals surface area (Å²) in [6.45, 7) is 0. The minimum atomic E-state index is 0.303. The number of hydrogen-bond acceptors (Lipinski definition) is 3. The van der Waals surface area contributed by atoms with Gasteiger partial charge in [-0.1, -0.05) is 24.3 Å². The van der Waals surface area contributed by atoms with E-state index in [-0.39, 0.29) is 0 Å². The van der Waals surface area contributed by atoms with E-state index in [0.29, 0.717) is 11.2 Å². The molecule has 4 bridgehead atoms. The molecule has 4 aliphatic carbocycles. The van der Waals surface area contributed by atoms with Crippen LogP contribution in [-0.4, -0.2) is 11.3 Å². The Hall–Kier alpha value is -2.29. The summed E-state index contributed by atoms with van der Waals surface area (Å²) < 4.78 is 0. The van der Waals surface area contributed by atoms with E-state index in [1.807, 2.05) is 36.4 Å². The minimum absolute atomic E-state index is 0.303. The van der Waals surface area contributed by atoms with Crippen LogP contribution in [0.4, 0.5) is 5.69 Å². The van der Waals surface area contributed by atoms with Crippen LogP contribution in [0, 0.1) is 17.8 Å². The van der Waals surface area contributed by atoms with Crippen LogP contribution >= 0.6 is 0 Å². The van der Waals surface area contributed by atoms with Crippen LogP contribution in [0.2, 0.25) is 0 Å². The van der Waals surface area contributed by atoms with E-state index in [0.717, 1.165) is 29.0 Å². The second-order valence-corrected chi connectivity index (χ2v) is 8.71. The standard InChI is InChI=1S/C23H26N2O/c26-22-7-6-20(11-19(22)15-24-25-21-4-2-1-3-5-21)23-12-16-8-17(13-23)10-18(9-16)14-23/h1-7,11,15-18,25-26H,8-10,12-14H2. The molecule has 2 N–H and O–H groups in total. The smallest absolute Gasteiger partial charge is 0.124 e. The summed E-state index contributed by atoms with van der Waals surface area (Å²) in [7, 11) is 0. The maximum Gasteiger partial charge on any atom is 0.124 e. The molecule has 3 nitrogen and oxygen atoms in total. The molecule has 0 heterocycles. The van der Waals surface area contributed by atoms with E-state index >= 15 is 0 Å². The van der Waals surface area contributed by atoms with Gasteiger partial charge >= 0.3 is 0 Å². The van der Waals surface area contributed by atoms with E-state index in [1.165, 1.54) is 44.1 Å². The van der Waals surface area contributed by atoms with Crippen LogP contribution in [-0.2, 0) is 5.41 Å². The molecule has 0 aromatic heterocycles. The Morgan fingerprint density at radius 2 is 1.58 bits per heavy atom. The number of hydrazone groups is 1. The monoisotopic (exact) mass is 346 g/mol. The van der Waals surface area contributed by atoms with Crippen molar-refractivity contribution in [2.75, 3.05) is 5.43 Å². The first-order valence-electron chi connectivity index (χ1n) is 9.88. The number of aromatic hydroxyl groups is 1. The van der Waals surface area contributed by atoms with Gasteiger partial charge in [-0.3, -0.25) is 5.43 Å². The molecule has 0 aliphatic heterocycles. The molecule has 4 saturated carbocycles. The summed E-state index contributed by atoms with van der Waals surface area (Å²) >= 11 is 0. The predicted molar refractivity (Wildman–Crippen MR) is 106 cm³/mol. The van der Waals surface area contributed by atoms with Crippen LogP contribution in [0.3, 0.4) is 0 Å². The van der Waals surface area contributed by atoms with E-state index in [4.69, 9.17) is 0 Å². The lowest BCUT2D eigenvalue weighted by molar-refractivity contribution is -0.00520. The average Bonchev–Trinajstić information content (AvgIpc) is 2.63. The molecule has 0 saturated heterocycles. The largest absolute Gasteiger partial charge is 0.507 e. The highest BCUT2D eigenvalue weighted by Gasteiger charge is 2.51. The van der Waals surface area contributed by atoms with Gasteiger partial charge in [-0.25, -0.2) is 0 Å². The lowest BCUT2D eigenvalue weighted by Gasteiger charge is -2.57. The first-order chi connectivity index (χ1) is 12.7. The molecule has 3 heteroatoms. The Morgan fingerprint density at radius 1 is 0.923 bits per heavy atom. The zero-order valence-corrected chi connectivity index (χ0v) is 15.1. The van der Waals surface area contributed by atoms with E-state index in [9.17, 15) is 5.11 Å². The molecule has 26 heavy (non-hydrogen) atoms. The van der Waals surface area contributed by atoms with Crippen LogP contribution in [0.1, 0.15) is 49.7 Å². The Morgan fingerprint density at radius 3 is 2.23 bits per heavy atom. The van der Waals surface area contributed by atoms with Crippen LogP contribution in [0.5, 0.6) is 5.75 Å². The van der Waals surface area contributed by atoms with Gasteiger partial charge in [-0.15, -0.1) is 0 Å². The van der Waals surface area contributed by atoms with E-state index in [2.05, 4.69) is 22.7 Å². The van der Waals surface area contributed by atoms with Gasteiger partial charge in [0.25, 0.3) is 0 Å². The molecular weight excluding hydrogens is 320 g/mol. The lowest BCUT2D eigenvalue weighted by Crippen LogP contribution is -2.48. The van der Waals surface area contributed by atoms with Crippen molar-refractivity contribution in [2.24, 2.45) is 22.9 Å². The number of phenolic OH excluding ortho intramolecular Hbond substituents is 1. The highest BCUT2D eigenvalue weighted by Crippen LogP contribution is 2.60. The molecule has 2 aromatic carbocycles. The molecule has 2 aromatic rings. The second-order valence-electron chi connectivity index (χ2n) is 8.71. The SMILES string of the molecule is Oc1ccc(C23CC4CC(CC(C4)C2)C3)cc1C=NNc1ccccc1. The number of benzene rings is 2. The Balaban J connectivity index is 1.40. The number of hydrogen-bond donors (Lipinski definition) is 2. The van der Waals surface area contributed by atoms with Gasteiger partial charge in [0.15, 0.2) is 0 Å². The summed E-state index contributed by atoms with van der Waals surface area (Å²) in [5.41, 5.74) is 6.54. The van der Waals surface area contributed by atoms with Crippen LogP contribution in [0.15, 0.2) is 53.6 Å². The Bertz CT molecular complexity index is 792. The topological polar surface area (TPSA) is 44.6 Å². The normalized spacial score (nSPS) is 32.2. The first kappa shape index (κ1) is 15.9. The summed E-state index contributed by atoms with van der Waals surface area (Å²) in [6.07, 6.45) is 10.1. The molecule has 6 rings (SSSR count). The first-order valence-corrected chi connectivity index (χ1v) is 9.88. The predicted octanol–water partition coefficient (Wildman–Crippen LogP) is 5.31. The van der Waals surface area contributed by atoms with Crippen molar-refractivity contribution < 1.29 is 5.11 Å². The van der Waals surface area contributed by atoms with Gasteiger partial charge < -0.3 is 5.11 Å². The van der Waals surface area contributed by atoms with Crippen molar-refractivity contribution >= 4 is 11.9 Å². The lowest BCUT2D eigenvalue weighted by atomic mass is 9.48. The summed E-state index contributed by atoms with van der Waals surface area (Å²) in [6, 6.07) is 16.1. The molecule has 4 fully saturated rings. The molecule has 0 radical (unpaired) electrons. The minimum Gasteiger partial charge on any atom is -0.507 e. The van der Waals surface area contributed by atoms with Gasteiger partial charge in [0.2, 0.25) is 0 Å². The fourth-order valence-corrected chi connectivity index (χ4v) is 6.14. The maximum atomic E-state index is 10.3. The van der Waals surface area contributed by atoms with Crippen molar-refractivity contribution in [1.82, 2.24) is 0 Å². The Labute approximate surface area is 155 Å². The van der Waals surface area contributed by atoms with Crippen LogP contribution in [0.25, 0.3) is 0 Å². The maximum absolute atomic E-state index is 10.3. The van der Waals surface area contributed by atoms with Crippen molar-refractivity contribution in [3.63, 3.8) is 0 Å². The third-order valence-corrected chi connectivity index (χ3v) is 6.85. The molecular formula is C23H26N2O. The Kier molecular flexibility index (Phi) is 3.77. The molecule has 0 unspecified atom stereocenters. The number of phenols is 1. The summed E-state index contributed by atoms with van der Waals surface area (Å²) in [5, 5.41) is 14.6. The summed E-state index contributed by atoms with van der Waals surface area (Å²) in [5.74, 6) is 3.07. The molecule has 4 aliphatic rings. The zero-order valence-electron chi connectivity index (χ0n) is 15.1. The second kappa shape index (κ2) is 6.15. The van der Waals surface area contributed by atoms with Gasteiger partial charge in [-0.05, 0) is 91.5 Å². The molecule has 0 amide bonds. The number of rotatable bonds is 4. The van der Waals surface area contributed by atoms with Gasteiger partial charge in [0.05, 0.1) is 11.9 Å². The van der Waals surface area contributed by atoms with Gasteiger partial charge in [-0.2, -0.15) is 5.10 Å². The molecule has 0 spiro atoms. The van der Waals surface area contributed by atoms with E-state index in [1.54, 1.807) is 6.21 Å². The molecule has 134 valence electrons. The fraction of sp³-hybridized carbons (Fsp3) is 0.435.